The van der Waals surface area contributed by atoms with Crippen LogP contribution in [0.4, 0.5) is 0 Å². The van der Waals surface area contributed by atoms with Crippen LogP contribution < -0.4 is 5.73 Å². The van der Waals surface area contributed by atoms with Crippen LogP contribution >= 0.6 is 0 Å². The number of allylic oxidation sites excluding steroid dienone is 1. The summed E-state index contributed by atoms with van der Waals surface area (Å²) in [6, 6.07) is 0. The van der Waals surface area contributed by atoms with Gasteiger partial charge >= 0.3 is 19.3 Å². The number of hydrogen-bond acceptors (Lipinski definition) is 7. The van der Waals surface area contributed by atoms with Crippen LogP contribution in [0.1, 0.15) is 90.4 Å². The Bertz CT molecular complexity index is 406. The number of carboxylic acid groups (broad SMARTS) is 2. The lowest BCUT2D eigenvalue weighted by Crippen LogP contribution is -2.10. The van der Waals surface area contributed by atoms with Crippen LogP contribution in [-0.2, 0) is 9.59 Å². The van der Waals surface area contributed by atoms with Crippen molar-refractivity contribution in [2.75, 3.05) is 6.54 Å². The molecule has 9 nitrogen and oxygen atoms in total. The first kappa shape index (κ1) is 33.2. The Morgan fingerprint density at radius 2 is 1.37 bits per heavy atom. The molecule has 178 valence electrons. The first-order valence-corrected chi connectivity index (χ1v) is 10.7. The summed E-state index contributed by atoms with van der Waals surface area (Å²) in [5, 5.41) is 47.4. The molecule has 0 saturated carbocycles. The molecule has 0 fully saturated rings. The summed E-state index contributed by atoms with van der Waals surface area (Å²) in [7, 11) is -2.17. The van der Waals surface area contributed by atoms with Gasteiger partial charge in [-0.3, -0.25) is 9.59 Å². The Labute approximate surface area is 180 Å². The number of unbranched alkanes of at least 4 members (excludes halogenated alkanes) is 8. The summed E-state index contributed by atoms with van der Waals surface area (Å²) in [5.74, 6) is -1.66. The van der Waals surface area contributed by atoms with Gasteiger partial charge in [-0.1, -0.05) is 64.0 Å². The van der Waals surface area contributed by atoms with Crippen molar-refractivity contribution < 1.29 is 40.0 Å². The van der Waals surface area contributed by atoms with Crippen LogP contribution in [0.15, 0.2) is 12.2 Å². The Balaban J connectivity index is -0.000000674. The molecule has 0 spiro atoms. The lowest BCUT2D eigenvalue weighted by Gasteiger charge is -2.07. The number of carboxylic acids is 2. The molecule has 0 bridgehead atoms. The van der Waals surface area contributed by atoms with Gasteiger partial charge in [-0.2, -0.15) is 0 Å². The van der Waals surface area contributed by atoms with E-state index in [1.54, 1.807) is 0 Å². The molecule has 0 heterocycles. The van der Waals surface area contributed by atoms with Gasteiger partial charge in [0.2, 0.25) is 0 Å². The first-order chi connectivity index (χ1) is 14.2. The van der Waals surface area contributed by atoms with Crippen LogP contribution in [0.5, 0.6) is 0 Å². The second-order valence-electron chi connectivity index (χ2n) is 6.85. The van der Waals surface area contributed by atoms with Crippen molar-refractivity contribution in [2.24, 2.45) is 5.73 Å². The third-order valence-corrected chi connectivity index (χ3v) is 3.90. The Morgan fingerprint density at radius 3 is 1.87 bits per heavy atom. The van der Waals surface area contributed by atoms with Gasteiger partial charge in [0.1, 0.15) is 0 Å². The number of aliphatic hydroxyl groups excluding tert-OH is 1. The molecule has 0 aromatic heterocycles. The van der Waals surface area contributed by atoms with Gasteiger partial charge in [0, 0.05) is 6.42 Å². The summed E-state index contributed by atoms with van der Waals surface area (Å²) < 4.78 is 0. The van der Waals surface area contributed by atoms with Gasteiger partial charge in [0.05, 0.1) is 12.6 Å². The smallest absolute Gasteiger partial charge is 0.481 e. The third-order valence-electron chi connectivity index (χ3n) is 3.90. The highest BCUT2D eigenvalue weighted by molar-refractivity contribution is 6.30. The number of nitrogens with two attached hydrogens (primary N) is 1. The topological polar surface area (TPSA) is 182 Å². The fourth-order valence-corrected chi connectivity index (χ4v) is 2.36. The lowest BCUT2D eigenvalue weighted by atomic mass is 10.1. The van der Waals surface area contributed by atoms with Crippen molar-refractivity contribution in [1.29, 1.82) is 0 Å². The van der Waals surface area contributed by atoms with Crippen molar-refractivity contribution in [1.82, 2.24) is 0 Å². The van der Waals surface area contributed by atoms with Crippen molar-refractivity contribution >= 4 is 19.3 Å². The largest absolute Gasteiger partial charge is 0.631 e. The minimum atomic E-state index is -2.17. The van der Waals surface area contributed by atoms with E-state index in [1.807, 2.05) is 0 Å². The third kappa shape index (κ3) is 45.3. The monoisotopic (exact) mass is 435 g/mol. The number of hydrogen-bond donors (Lipinski definition) is 7. The van der Waals surface area contributed by atoms with Gasteiger partial charge in [-0.05, 0) is 32.1 Å². The molecule has 0 saturated heterocycles. The minimum absolute atomic E-state index is 0.172. The normalized spacial score (nSPS) is 11.1. The maximum absolute atomic E-state index is 10.3. The maximum atomic E-state index is 10.3. The van der Waals surface area contributed by atoms with Gasteiger partial charge in [0.15, 0.2) is 0 Å². The molecule has 8 N–H and O–H groups in total. The molecule has 0 aliphatic carbocycles. The number of aliphatic hydroxyl groups is 1. The summed E-state index contributed by atoms with van der Waals surface area (Å²) in [5.41, 5.74) is 4.57. The van der Waals surface area contributed by atoms with Crippen molar-refractivity contribution in [3.8, 4) is 0 Å². The highest BCUT2D eigenvalue weighted by Gasteiger charge is 2.00. The molecular weight excluding hydrogens is 393 g/mol. The van der Waals surface area contributed by atoms with E-state index < -0.39 is 19.3 Å². The zero-order valence-electron chi connectivity index (χ0n) is 18.3. The summed E-state index contributed by atoms with van der Waals surface area (Å²) >= 11 is 0. The molecule has 10 heteroatoms. The summed E-state index contributed by atoms with van der Waals surface area (Å²) in [6.45, 7) is 1.92. The van der Waals surface area contributed by atoms with Crippen molar-refractivity contribution in [2.45, 2.75) is 96.5 Å². The summed E-state index contributed by atoms with van der Waals surface area (Å²) in [6.07, 6.45) is 17.4. The molecule has 0 aliphatic heterocycles. The van der Waals surface area contributed by atoms with Crippen LogP contribution in [0.2, 0.25) is 0 Å². The van der Waals surface area contributed by atoms with Crippen LogP contribution in [0.3, 0.4) is 0 Å². The highest BCUT2D eigenvalue weighted by atomic mass is 16.5. The second kappa shape index (κ2) is 27.5. The van der Waals surface area contributed by atoms with Gasteiger partial charge < -0.3 is 36.1 Å². The van der Waals surface area contributed by atoms with E-state index in [4.69, 9.17) is 25.3 Å². The van der Waals surface area contributed by atoms with Gasteiger partial charge in [-0.25, -0.2) is 0 Å². The van der Waals surface area contributed by atoms with E-state index in [0.29, 0.717) is 6.42 Å². The first-order valence-electron chi connectivity index (χ1n) is 10.7. The Hall–Kier alpha value is -1.46. The SMILES string of the molecule is CCCCCCC(O)C/C=C\CCCCCCCC(=O)O.NCC(=O)O.OB(O)O. The molecule has 0 amide bonds. The van der Waals surface area contributed by atoms with Crippen LogP contribution in [0, 0.1) is 0 Å². The minimum Gasteiger partial charge on any atom is -0.481 e. The molecule has 1 atom stereocenters. The molecule has 1 unspecified atom stereocenters. The van der Waals surface area contributed by atoms with Crippen molar-refractivity contribution in [3.05, 3.63) is 12.2 Å². The standard InChI is InChI=1S/C18H34O3.C2H5NO2.BH3O3/c1-2-3-4-11-14-17(19)15-12-9-7-5-6-8-10-13-16-18(20)21;3-1-2(4)5;2-1(3)4/h9,12,17,19H,2-8,10-11,13-16H2,1H3,(H,20,21);1,3H2,(H,4,5);2-4H/b12-9-;;. The number of rotatable bonds is 16. The number of aliphatic carboxylic acids is 2. The quantitative estimate of drug-likeness (QED) is 0.108. The molecule has 0 aromatic rings. The molecule has 0 aromatic carbocycles. The molecule has 0 aliphatic rings. The number of carbonyl (C=O) groups is 2. The predicted molar refractivity (Wildman–Crippen MR) is 118 cm³/mol. The van der Waals surface area contributed by atoms with Crippen LogP contribution in [0.25, 0.3) is 0 Å². The average molecular weight is 435 g/mol. The zero-order chi connectivity index (χ0) is 23.6. The lowest BCUT2D eigenvalue weighted by molar-refractivity contribution is -0.137. The van der Waals surface area contributed by atoms with E-state index >= 15 is 0 Å². The van der Waals surface area contributed by atoms with Gasteiger partial charge in [-0.15, -0.1) is 0 Å². The molecular formula is C20H42BNO8. The predicted octanol–water partition coefficient (Wildman–Crippen LogP) is 2.06. The second-order valence-corrected chi connectivity index (χ2v) is 6.85. The van der Waals surface area contributed by atoms with E-state index in [0.717, 1.165) is 51.4 Å². The Morgan fingerprint density at radius 1 is 0.867 bits per heavy atom. The van der Waals surface area contributed by atoms with Crippen LogP contribution in [-0.4, -0.2) is 62.3 Å². The highest BCUT2D eigenvalue weighted by Crippen LogP contribution is 2.10. The van der Waals surface area contributed by atoms with Crippen molar-refractivity contribution in [3.63, 3.8) is 0 Å². The fourth-order valence-electron chi connectivity index (χ4n) is 2.36. The maximum Gasteiger partial charge on any atom is 0.631 e. The van der Waals surface area contributed by atoms with Gasteiger partial charge in [0.25, 0.3) is 0 Å². The molecule has 0 radical (unpaired) electrons. The molecule has 30 heavy (non-hydrogen) atoms. The van der Waals surface area contributed by atoms with E-state index in [1.165, 1.54) is 25.7 Å². The fraction of sp³-hybridized carbons (Fsp3) is 0.800. The van der Waals surface area contributed by atoms with E-state index in [9.17, 15) is 14.7 Å². The molecule has 0 rings (SSSR count). The average Bonchev–Trinajstić information content (AvgIpc) is 2.66. The summed E-state index contributed by atoms with van der Waals surface area (Å²) in [4.78, 5) is 19.6. The van der Waals surface area contributed by atoms with E-state index in [2.05, 4.69) is 24.8 Å². The Kier molecular flexibility index (Phi) is 30.5. The zero-order valence-corrected chi connectivity index (χ0v) is 18.3. The van der Waals surface area contributed by atoms with E-state index in [-0.39, 0.29) is 12.6 Å².